The van der Waals surface area contributed by atoms with E-state index in [1.165, 1.54) is 9.80 Å². The van der Waals surface area contributed by atoms with E-state index in [1.54, 1.807) is 48.5 Å². The molecule has 2 saturated heterocycles. The summed E-state index contributed by atoms with van der Waals surface area (Å²) < 4.78 is 0. The first-order valence-corrected chi connectivity index (χ1v) is 13.1. The van der Waals surface area contributed by atoms with E-state index < -0.39 is 35.0 Å². The number of halogens is 2. The zero-order valence-electron chi connectivity index (χ0n) is 19.8. The maximum atomic E-state index is 14.2. The molecule has 0 unspecified atom stereocenters. The first kappa shape index (κ1) is 23.4. The van der Waals surface area contributed by atoms with Crippen LogP contribution < -0.4 is 9.80 Å². The van der Waals surface area contributed by atoms with Crippen molar-refractivity contribution in [1.82, 2.24) is 0 Å². The summed E-state index contributed by atoms with van der Waals surface area (Å²) in [5.74, 6) is -5.25. The van der Waals surface area contributed by atoms with Crippen molar-refractivity contribution in [2.24, 2.45) is 29.6 Å². The van der Waals surface area contributed by atoms with Gasteiger partial charge < -0.3 is 0 Å². The number of anilines is 2. The number of imide groups is 2. The van der Waals surface area contributed by atoms with Gasteiger partial charge in [0.1, 0.15) is 0 Å². The zero-order valence-corrected chi connectivity index (χ0v) is 21.3. The van der Waals surface area contributed by atoms with Crippen LogP contribution in [0.1, 0.15) is 5.56 Å². The Bertz CT molecular complexity index is 1460. The van der Waals surface area contributed by atoms with Gasteiger partial charge in [-0.1, -0.05) is 65.7 Å². The molecule has 38 heavy (non-hydrogen) atoms. The van der Waals surface area contributed by atoms with E-state index in [4.69, 9.17) is 23.2 Å². The molecule has 4 amide bonds. The SMILES string of the molecule is O=C1[C@H]2C3C=CC(c4ccccc4)([C@H]2C(=O)N1c1ccc(Cl)cc1)[C@H]1C(=O)N(c2ccc(Cl)cc2)C(=O)[C@@H]31. The fourth-order valence-electron chi connectivity index (χ4n) is 7.17. The number of hydrogen-bond acceptors (Lipinski definition) is 4. The molecule has 3 aromatic rings. The van der Waals surface area contributed by atoms with Gasteiger partial charge in [0.15, 0.2) is 0 Å². The van der Waals surface area contributed by atoms with Crippen molar-refractivity contribution < 1.29 is 19.2 Å². The van der Waals surface area contributed by atoms with Gasteiger partial charge >= 0.3 is 0 Å². The van der Waals surface area contributed by atoms with E-state index >= 15 is 0 Å². The molecule has 1 saturated carbocycles. The largest absolute Gasteiger partial charge is 0.274 e. The smallest absolute Gasteiger partial charge is 0.238 e. The summed E-state index contributed by atoms with van der Waals surface area (Å²) in [6, 6.07) is 22.4. The number of allylic oxidation sites excluding steroid dienone is 2. The third-order valence-corrected chi connectivity index (χ3v) is 9.10. The highest BCUT2D eigenvalue weighted by Crippen LogP contribution is 2.65. The van der Waals surface area contributed by atoms with Gasteiger partial charge in [-0.2, -0.15) is 0 Å². The molecule has 0 N–H and O–H groups in total. The van der Waals surface area contributed by atoms with Crippen LogP contribution in [0.15, 0.2) is 91.0 Å². The van der Waals surface area contributed by atoms with Gasteiger partial charge in [0.05, 0.1) is 35.0 Å². The summed E-state index contributed by atoms with van der Waals surface area (Å²) in [5, 5.41) is 0.974. The standard InChI is InChI=1S/C30H20Cl2N2O4/c31-17-6-10-19(11-7-17)33-26(35)22-21-14-15-30(24(22)28(33)37,16-4-2-1-3-5-16)25-23(21)27(36)34(29(25)38)20-12-8-18(32)9-13-20/h1-15,21-25H/t21?,22-,23-,24+,25+,30?/m0/s1. The monoisotopic (exact) mass is 542 g/mol. The molecule has 3 aromatic carbocycles. The molecular formula is C30H20Cl2N2O4. The van der Waals surface area contributed by atoms with Crippen LogP contribution in [-0.2, 0) is 24.6 Å². The normalized spacial score (nSPS) is 31.3. The van der Waals surface area contributed by atoms with Crippen LogP contribution in [-0.4, -0.2) is 23.6 Å². The Balaban J connectivity index is 1.42. The van der Waals surface area contributed by atoms with Gasteiger partial charge in [-0.3, -0.25) is 19.2 Å². The van der Waals surface area contributed by atoms with Crippen molar-refractivity contribution in [3.63, 3.8) is 0 Å². The number of carbonyl (C=O) groups excluding carboxylic acids is 4. The molecule has 2 heterocycles. The Morgan fingerprint density at radius 1 is 0.579 bits per heavy atom. The van der Waals surface area contributed by atoms with Gasteiger partial charge in [0, 0.05) is 21.4 Å². The van der Waals surface area contributed by atoms with Crippen LogP contribution in [0, 0.1) is 29.6 Å². The van der Waals surface area contributed by atoms with E-state index in [0.717, 1.165) is 5.56 Å². The van der Waals surface area contributed by atoms with Gasteiger partial charge in [-0.15, -0.1) is 0 Å². The summed E-state index contributed by atoms with van der Waals surface area (Å²) in [7, 11) is 0. The number of benzene rings is 3. The molecule has 2 aliphatic heterocycles. The minimum absolute atomic E-state index is 0.361. The van der Waals surface area contributed by atoms with Crippen molar-refractivity contribution in [2.45, 2.75) is 5.41 Å². The maximum absolute atomic E-state index is 14.2. The highest BCUT2D eigenvalue weighted by atomic mass is 35.5. The van der Waals surface area contributed by atoms with Gasteiger partial charge in [-0.05, 0) is 54.1 Å². The molecule has 0 radical (unpaired) electrons. The average Bonchev–Trinajstić information content (AvgIpc) is 3.37. The van der Waals surface area contributed by atoms with Crippen molar-refractivity contribution in [1.29, 1.82) is 0 Å². The molecule has 8 heteroatoms. The number of rotatable bonds is 3. The first-order valence-electron chi connectivity index (χ1n) is 12.4. The van der Waals surface area contributed by atoms with Crippen LogP contribution in [0.2, 0.25) is 10.0 Å². The Labute approximate surface area is 228 Å². The molecule has 0 aromatic heterocycles. The van der Waals surface area contributed by atoms with Crippen molar-refractivity contribution in [2.75, 3.05) is 9.80 Å². The molecular weight excluding hydrogens is 523 g/mol. The van der Waals surface area contributed by atoms with E-state index in [1.807, 2.05) is 42.5 Å². The van der Waals surface area contributed by atoms with E-state index in [-0.39, 0.29) is 23.6 Å². The molecule has 8 rings (SSSR count). The summed E-state index contributed by atoms with van der Waals surface area (Å²) in [6.45, 7) is 0. The predicted octanol–water partition coefficient (Wildman–Crippen LogP) is 5.04. The second-order valence-corrected chi connectivity index (χ2v) is 11.1. The Kier molecular flexibility index (Phi) is 5.00. The highest BCUT2D eigenvalue weighted by Gasteiger charge is 2.75. The molecule has 6 nitrogen and oxygen atoms in total. The molecule has 188 valence electrons. The number of nitrogens with zero attached hydrogens (tertiary/aromatic N) is 2. The Hall–Kier alpha value is -3.74. The lowest BCUT2D eigenvalue weighted by molar-refractivity contribution is -0.140. The Morgan fingerprint density at radius 2 is 1.03 bits per heavy atom. The van der Waals surface area contributed by atoms with Crippen molar-refractivity contribution in [3.05, 3.63) is 107 Å². The molecule has 0 spiro atoms. The average molecular weight is 543 g/mol. The van der Waals surface area contributed by atoms with Crippen LogP contribution in [0.25, 0.3) is 0 Å². The third kappa shape index (κ3) is 2.90. The summed E-state index contributed by atoms with van der Waals surface area (Å²) >= 11 is 12.1. The van der Waals surface area contributed by atoms with E-state index in [2.05, 4.69) is 0 Å². The third-order valence-electron chi connectivity index (χ3n) is 8.60. The fraction of sp³-hybridized carbons (Fsp3) is 0.200. The summed E-state index contributed by atoms with van der Waals surface area (Å²) in [4.78, 5) is 58.7. The van der Waals surface area contributed by atoms with Crippen LogP contribution in [0.5, 0.6) is 0 Å². The van der Waals surface area contributed by atoms with Crippen molar-refractivity contribution in [3.8, 4) is 0 Å². The van der Waals surface area contributed by atoms with Crippen molar-refractivity contribution >= 4 is 58.2 Å². The lowest BCUT2D eigenvalue weighted by Crippen LogP contribution is -2.60. The lowest BCUT2D eigenvalue weighted by Gasteiger charge is -2.53. The minimum Gasteiger partial charge on any atom is -0.274 e. The van der Waals surface area contributed by atoms with Crippen LogP contribution >= 0.6 is 23.2 Å². The number of hydrogen-bond donors (Lipinski definition) is 0. The Morgan fingerprint density at radius 3 is 1.47 bits per heavy atom. The molecule has 3 fully saturated rings. The van der Waals surface area contributed by atoms with Crippen LogP contribution in [0.3, 0.4) is 0 Å². The predicted molar refractivity (Wildman–Crippen MR) is 143 cm³/mol. The molecule has 5 aliphatic rings. The molecule has 3 aliphatic carbocycles. The fourth-order valence-corrected chi connectivity index (χ4v) is 7.42. The quantitative estimate of drug-likeness (QED) is 0.343. The van der Waals surface area contributed by atoms with Gasteiger partial charge in [-0.25, -0.2) is 9.80 Å². The minimum atomic E-state index is -1.16. The summed E-state index contributed by atoms with van der Waals surface area (Å²) in [5.41, 5.74) is 0.421. The number of amides is 4. The zero-order chi connectivity index (χ0) is 26.3. The topological polar surface area (TPSA) is 74.8 Å². The van der Waals surface area contributed by atoms with Gasteiger partial charge in [0.2, 0.25) is 23.6 Å². The second-order valence-electron chi connectivity index (χ2n) is 10.2. The highest BCUT2D eigenvalue weighted by molar-refractivity contribution is 6.31. The second kappa shape index (κ2) is 8.13. The molecule has 2 bridgehead atoms. The van der Waals surface area contributed by atoms with E-state index in [9.17, 15) is 19.2 Å². The molecule has 4 atom stereocenters. The van der Waals surface area contributed by atoms with E-state index in [0.29, 0.717) is 21.4 Å². The van der Waals surface area contributed by atoms with Crippen LogP contribution in [0.4, 0.5) is 11.4 Å². The maximum Gasteiger partial charge on any atom is 0.238 e. The first-order chi connectivity index (χ1) is 18.3. The lowest BCUT2D eigenvalue weighted by atomic mass is 9.45. The summed E-state index contributed by atoms with van der Waals surface area (Å²) in [6.07, 6.45) is 3.78. The number of carbonyl (C=O) groups is 4. The van der Waals surface area contributed by atoms with Gasteiger partial charge in [0.25, 0.3) is 0 Å².